The van der Waals surface area contributed by atoms with Crippen molar-refractivity contribution in [2.24, 2.45) is 0 Å². The van der Waals surface area contributed by atoms with Gasteiger partial charge < -0.3 is 25.4 Å². The molecule has 2 aromatic rings. The zero-order valence-corrected chi connectivity index (χ0v) is 11.6. The van der Waals surface area contributed by atoms with Gasteiger partial charge in [0.2, 0.25) is 5.78 Å². The van der Waals surface area contributed by atoms with Crippen LogP contribution in [0.4, 0.5) is 0 Å². The number of aromatic amines is 1. The first-order valence-corrected chi connectivity index (χ1v) is 6.42. The second kappa shape index (κ2) is 4.99. The number of carbonyl (C=O) groups is 4. The molecule has 0 bridgehead atoms. The van der Waals surface area contributed by atoms with Gasteiger partial charge in [0.25, 0.3) is 0 Å². The molecule has 10 nitrogen and oxygen atoms in total. The van der Waals surface area contributed by atoms with Crippen LogP contribution in [0.15, 0.2) is 12.1 Å². The molecule has 2 aromatic heterocycles. The van der Waals surface area contributed by atoms with Crippen LogP contribution in [-0.2, 0) is 0 Å². The van der Waals surface area contributed by atoms with E-state index < -0.39 is 46.7 Å². The number of ketones is 1. The maximum Gasteiger partial charge on any atom is 0.354 e. The van der Waals surface area contributed by atoms with Gasteiger partial charge in [0.15, 0.2) is 0 Å². The summed E-state index contributed by atoms with van der Waals surface area (Å²) in [5.41, 5.74) is -2.61. The van der Waals surface area contributed by atoms with Crippen molar-refractivity contribution in [2.45, 2.75) is 6.10 Å². The fourth-order valence-electron chi connectivity index (χ4n) is 2.53. The van der Waals surface area contributed by atoms with Gasteiger partial charge >= 0.3 is 17.9 Å². The fourth-order valence-corrected chi connectivity index (χ4v) is 2.53. The highest BCUT2D eigenvalue weighted by Gasteiger charge is 2.38. The number of carboxylic acids is 3. The Bertz CT molecular complexity index is 942. The van der Waals surface area contributed by atoms with Gasteiger partial charge in [-0.3, -0.25) is 4.79 Å². The lowest BCUT2D eigenvalue weighted by atomic mass is 9.87. The van der Waals surface area contributed by atoms with Gasteiger partial charge in [-0.15, -0.1) is 0 Å². The van der Waals surface area contributed by atoms with Gasteiger partial charge in [-0.25, -0.2) is 19.4 Å². The molecule has 10 heteroatoms. The van der Waals surface area contributed by atoms with Gasteiger partial charge in [-0.05, 0) is 12.1 Å². The molecule has 1 aliphatic carbocycles. The minimum absolute atomic E-state index is 0.101. The minimum Gasteiger partial charge on any atom is -0.478 e. The number of nitrogens with one attached hydrogen (secondary N) is 1. The second-order valence-corrected chi connectivity index (χ2v) is 4.97. The van der Waals surface area contributed by atoms with Crippen molar-refractivity contribution in [3.8, 4) is 11.3 Å². The predicted molar refractivity (Wildman–Crippen MR) is 74.2 cm³/mol. The highest BCUT2D eigenvalue weighted by Crippen LogP contribution is 2.40. The first-order valence-electron chi connectivity index (χ1n) is 6.42. The average molecular weight is 332 g/mol. The summed E-state index contributed by atoms with van der Waals surface area (Å²) in [6.07, 6.45) is -1.78. The number of rotatable bonds is 3. The molecule has 122 valence electrons. The molecule has 0 saturated heterocycles. The molecule has 1 aliphatic rings. The van der Waals surface area contributed by atoms with Crippen LogP contribution in [0.3, 0.4) is 0 Å². The molecule has 0 radical (unpaired) electrons. The zero-order chi connectivity index (χ0) is 17.8. The molecule has 2 heterocycles. The van der Waals surface area contributed by atoms with E-state index in [1.807, 2.05) is 0 Å². The van der Waals surface area contributed by atoms with Gasteiger partial charge in [0.1, 0.15) is 23.2 Å². The predicted octanol–water partition coefficient (Wildman–Crippen LogP) is 0.401. The fraction of sp³-hybridized carbons (Fsp3) is 0.0714. The molecule has 1 unspecified atom stereocenters. The number of aliphatic hydroxyl groups excluding tert-OH is 1. The summed E-state index contributed by atoms with van der Waals surface area (Å²) in [5.74, 6) is -5.47. The molecule has 3 rings (SSSR count). The van der Waals surface area contributed by atoms with E-state index in [4.69, 9.17) is 10.2 Å². The lowest BCUT2D eigenvalue weighted by Crippen LogP contribution is -2.23. The molecule has 0 fully saturated rings. The Morgan fingerprint density at radius 2 is 1.71 bits per heavy atom. The quantitative estimate of drug-likeness (QED) is 0.532. The van der Waals surface area contributed by atoms with Gasteiger partial charge in [-0.2, -0.15) is 0 Å². The van der Waals surface area contributed by atoms with Crippen molar-refractivity contribution in [1.82, 2.24) is 9.97 Å². The molecule has 5 N–H and O–H groups in total. The number of aromatic carboxylic acids is 3. The van der Waals surface area contributed by atoms with Crippen molar-refractivity contribution in [3.63, 3.8) is 0 Å². The summed E-state index contributed by atoms with van der Waals surface area (Å²) in [7, 11) is 0. The van der Waals surface area contributed by atoms with Gasteiger partial charge in [0.05, 0.1) is 11.3 Å². The maximum atomic E-state index is 12.2. The SMILES string of the molecule is O=C(O)c1cc(C(=O)O)c2c(n1)C(=O)C(O)c1cc(C(=O)O)[nH]c1-2. The Morgan fingerprint density at radius 1 is 1.04 bits per heavy atom. The van der Waals surface area contributed by atoms with E-state index in [1.165, 1.54) is 0 Å². The molecule has 0 aromatic carbocycles. The molecule has 24 heavy (non-hydrogen) atoms. The van der Waals surface area contributed by atoms with Crippen LogP contribution in [0.25, 0.3) is 11.3 Å². The molecule has 0 aliphatic heterocycles. The number of hydrogen-bond donors (Lipinski definition) is 5. The van der Waals surface area contributed by atoms with E-state index in [2.05, 4.69) is 9.97 Å². The van der Waals surface area contributed by atoms with Crippen LogP contribution in [0, 0.1) is 0 Å². The Morgan fingerprint density at radius 3 is 2.25 bits per heavy atom. The average Bonchev–Trinajstić information content (AvgIpc) is 2.96. The van der Waals surface area contributed by atoms with Crippen LogP contribution in [-0.4, -0.2) is 54.1 Å². The second-order valence-electron chi connectivity index (χ2n) is 4.97. The minimum atomic E-state index is -1.78. The Kier molecular flexibility index (Phi) is 3.20. The van der Waals surface area contributed by atoms with Crippen molar-refractivity contribution in [1.29, 1.82) is 0 Å². The summed E-state index contributed by atoms with van der Waals surface area (Å²) in [6, 6.07) is 1.78. The number of carbonyl (C=O) groups excluding carboxylic acids is 1. The largest absolute Gasteiger partial charge is 0.478 e. The smallest absolute Gasteiger partial charge is 0.354 e. The number of fused-ring (bicyclic) bond motifs is 3. The van der Waals surface area contributed by atoms with E-state index >= 15 is 0 Å². The third-order valence-electron chi connectivity index (χ3n) is 3.57. The van der Waals surface area contributed by atoms with Crippen LogP contribution >= 0.6 is 0 Å². The zero-order valence-electron chi connectivity index (χ0n) is 11.6. The Hall–Kier alpha value is -3.53. The van der Waals surface area contributed by atoms with Gasteiger partial charge in [0, 0.05) is 11.1 Å². The normalized spacial score (nSPS) is 15.5. The number of Topliss-reactive ketones (excluding diaryl/α,β-unsaturated/α-hetero) is 1. The first-order chi connectivity index (χ1) is 11.2. The summed E-state index contributed by atoms with van der Waals surface area (Å²) >= 11 is 0. The monoisotopic (exact) mass is 332 g/mol. The number of aromatic nitrogens is 2. The van der Waals surface area contributed by atoms with Crippen LogP contribution < -0.4 is 0 Å². The molecular weight excluding hydrogens is 324 g/mol. The molecular formula is C14H8N2O8. The number of carboxylic acid groups (broad SMARTS) is 3. The van der Waals surface area contributed by atoms with E-state index in [-0.39, 0.29) is 22.5 Å². The Balaban J connectivity index is 2.41. The van der Waals surface area contributed by atoms with E-state index in [9.17, 15) is 29.4 Å². The Labute approximate surface area is 132 Å². The third-order valence-corrected chi connectivity index (χ3v) is 3.57. The molecule has 0 spiro atoms. The standard InChI is InChI=1S/C14H8N2O8/c17-10-4-2-6(14(23)24)15-8(4)7-3(12(19)20)1-5(13(21)22)16-9(7)11(10)18/h1-2,10,15,17H,(H,19,20)(H,21,22)(H,23,24). The highest BCUT2D eigenvalue weighted by molar-refractivity contribution is 6.13. The number of nitrogens with zero attached hydrogens (tertiary/aromatic N) is 1. The number of hydrogen-bond acceptors (Lipinski definition) is 6. The van der Waals surface area contributed by atoms with Crippen LogP contribution in [0.5, 0.6) is 0 Å². The van der Waals surface area contributed by atoms with Crippen molar-refractivity contribution >= 4 is 23.7 Å². The first kappa shape index (κ1) is 15.4. The summed E-state index contributed by atoms with van der Waals surface area (Å²) in [5, 5.41) is 37.4. The van der Waals surface area contributed by atoms with Crippen molar-refractivity contribution in [3.05, 3.63) is 40.3 Å². The molecule has 1 atom stereocenters. The number of H-pyrrole nitrogens is 1. The number of pyridine rings is 1. The molecule has 0 amide bonds. The van der Waals surface area contributed by atoms with E-state index in [0.29, 0.717) is 0 Å². The van der Waals surface area contributed by atoms with Crippen LogP contribution in [0.2, 0.25) is 0 Å². The van der Waals surface area contributed by atoms with Crippen LogP contribution in [0.1, 0.15) is 53.5 Å². The number of aliphatic hydroxyl groups is 1. The lowest BCUT2D eigenvalue weighted by molar-refractivity contribution is 0.0674. The lowest BCUT2D eigenvalue weighted by Gasteiger charge is -2.21. The van der Waals surface area contributed by atoms with E-state index in [0.717, 1.165) is 12.1 Å². The summed E-state index contributed by atoms with van der Waals surface area (Å²) in [4.78, 5) is 51.9. The summed E-state index contributed by atoms with van der Waals surface area (Å²) < 4.78 is 0. The maximum absolute atomic E-state index is 12.2. The topological polar surface area (TPSA) is 178 Å². The summed E-state index contributed by atoms with van der Waals surface area (Å²) in [6.45, 7) is 0. The van der Waals surface area contributed by atoms with Crippen molar-refractivity contribution in [2.75, 3.05) is 0 Å². The van der Waals surface area contributed by atoms with Crippen molar-refractivity contribution < 1.29 is 39.6 Å². The van der Waals surface area contributed by atoms with E-state index in [1.54, 1.807) is 0 Å². The van der Waals surface area contributed by atoms with Gasteiger partial charge in [-0.1, -0.05) is 0 Å². The third kappa shape index (κ3) is 2.05. The molecule has 0 saturated carbocycles. The highest BCUT2D eigenvalue weighted by atomic mass is 16.4.